The molecule has 1 rings (SSSR count). The van der Waals surface area contributed by atoms with Crippen molar-refractivity contribution in [3.05, 3.63) is 35.9 Å². The van der Waals surface area contributed by atoms with Gasteiger partial charge in [0.2, 0.25) is 5.91 Å². The average molecular weight is 307 g/mol. The van der Waals surface area contributed by atoms with E-state index in [1.54, 1.807) is 0 Å². The van der Waals surface area contributed by atoms with Crippen molar-refractivity contribution in [1.29, 1.82) is 0 Å². The van der Waals surface area contributed by atoms with Crippen LogP contribution in [0.5, 0.6) is 0 Å². The van der Waals surface area contributed by atoms with Crippen molar-refractivity contribution >= 4 is 11.9 Å². The normalized spacial score (nSPS) is 13.4. The first-order chi connectivity index (χ1) is 10.5. The third-order valence-electron chi connectivity index (χ3n) is 3.49. The van der Waals surface area contributed by atoms with Gasteiger partial charge < -0.3 is 21.9 Å². The van der Waals surface area contributed by atoms with Crippen molar-refractivity contribution in [2.45, 2.75) is 44.2 Å². The zero-order chi connectivity index (χ0) is 16.4. The van der Waals surface area contributed by atoms with Crippen LogP contribution < -0.4 is 16.8 Å². The number of hydrogen-bond donors (Lipinski definition) is 4. The zero-order valence-electron chi connectivity index (χ0n) is 12.7. The quantitative estimate of drug-likeness (QED) is 0.473. The van der Waals surface area contributed by atoms with Gasteiger partial charge in [-0.25, -0.2) is 4.79 Å². The Hall–Kier alpha value is -1.92. The Morgan fingerprint density at radius 3 is 2.41 bits per heavy atom. The van der Waals surface area contributed by atoms with Crippen LogP contribution in [0.4, 0.5) is 0 Å². The second-order valence-electron chi connectivity index (χ2n) is 5.31. The number of nitrogens with two attached hydrogens (primary N) is 2. The van der Waals surface area contributed by atoms with Crippen LogP contribution in [-0.4, -0.2) is 35.6 Å². The smallest absolute Gasteiger partial charge is 0.326 e. The number of carbonyl (C=O) groups excluding carboxylic acids is 1. The summed E-state index contributed by atoms with van der Waals surface area (Å²) in [6.07, 6.45) is 2.99. The summed E-state index contributed by atoms with van der Waals surface area (Å²) in [4.78, 5) is 23.2. The van der Waals surface area contributed by atoms with E-state index in [4.69, 9.17) is 11.5 Å². The molecule has 6 N–H and O–H groups in total. The van der Waals surface area contributed by atoms with Crippen molar-refractivity contribution in [2.24, 2.45) is 11.5 Å². The largest absolute Gasteiger partial charge is 0.480 e. The van der Waals surface area contributed by atoms with Gasteiger partial charge in [-0.1, -0.05) is 36.8 Å². The number of benzene rings is 1. The highest BCUT2D eigenvalue weighted by atomic mass is 16.4. The van der Waals surface area contributed by atoms with Crippen molar-refractivity contribution in [3.63, 3.8) is 0 Å². The van der Waals surface area contributed by atoms with Crippen LogP contribution >= 0.6 is 0 Å². The molecular formula is C16H25N3O3. The summed E-state index contributed by atoms with van der Waals surface area (Å²) in [6.45, 7) is 0.559. The molecule has 6 nitrogen and oxygen atoms in total. The number of carboxylic acid groups (broad SMARTS) is 1. The van der Waals surface area contributed by atoms with Crippen LogP contribution in [0.25, 0.3) is 0 Å². The summed E-state index contributed by atoms with van der Waals surface area (Å²) in [5.74, 6) is -1.46. The van der Waals surface area contributed by atoms with Gasteiger partial charge in [0.05, 0.1) is 6.04 Å². The highest BCUT2D eigenvalue weighted by molar-refractivity contribution is 5.86. The molecule has 1 aromatic carbocycles. The third kappa shape index (κ3) is 6.69. The molecule has 0 fully saturated rings. The topological polar surface area (TPSA) is 118 Å². The standard InChI is InChI=1S/C16H25N3O3/c17-11-5-4-8-13(18)15(20)19-14(16(21)22)10-9-12-6-2-1-3-7-12/h1-3,6-7,13-14H,4-5,8-11,17-18H2,(H,19,20)(H,21,22)/t13-,14-/m1/s1. The molecule has 0 aliphatic carbocycles. The molecule has 0 aliphatic heterocycles. The Morgan fingerprint density at radius 2 is 1.82 bits per heavy atom. The summed E-state index contributed by atoms with van der Waals surface area (Å²) < 4.78 is 0. The van der Waals surface area contributed by atoms with E-state index < -0.39 is 24.0 Å². The van der Waals surface area contributed by atoms with Crippen LogP contribution in [0.15, 0.2) is 30.3 Å². The minimum Gasteiger partial charge on any atom is -0.480 e. The Bertz CT molecular complexity index is 465. The van der Waals surface area contributed by atoms with Crippen LogP contribution in [0, 0.1) is 0 Å². The number of amides is 1. The molecule has 22 heavy (non-hydrogen) atoms. The average Bonchev–Trinajstić information content (AvgIpc) is 2.52. The van der Waals surface area contributed by atoms with Gasteiger partial charge in [0.15, 0.2) is 0 Å². The van der Waals surface area contributed by atoms with Crippen LogP contribution in [0.2, 0.25) is 0 Å². The number of hydrogen-bond acceptors (Lipinski definition) is 4. The highest BCUT2D eigenvalue weighted by Gasteiger charge is 2.22. The van der Waals surface area contributed by atoms with E-state index in [0.717, 1.165) is 18.4 Å². The maximum atomic E-state index is 11.9. The number of carboxylic acids is 1. The molecule has 0 aromatic heterocycles. The minimum absolute atomic E-state index is 0.334. The predicted molar refractivity (Wildman–Crippen MR) is 85.2 cm³/mol. The van der Waals surface area contributed by atoms with Gasteiger partial charge in [-0.05, 0) is 37.8 Å². The lowest BCUT2D eigenvalue weighted by atomic mass is 10.0. The van der Waals surface area contributed by atoms with E-state index >= 15 is 0 Å². The van der Waals surface area contributed by atoms with Crippen LogP contribution in [0.1, 0.15) is 31.2 Å². The van der Waals surface area contributed by atoms with Crippen LogP contribution in [-0.2, 0) is 16.0 Å². The Kier molecular flexibility index (Phi) is 8.17. The molecule has 1 amide bonds. The molecule has 122 valence electrons. The van der Waals surface area contributed by atoms with E-state index in [-0.39, 0.29) is 0 Å². The molecule has 0 spiro atoms. The van der Waals surface area contributed by atoms with Crippen LogP contribution in [0.3, 0.4) is 0 Å². The summed E-state index contributed by atoms with van der Waals surface area (Å²) in [5, 5.41) is 11.7. The second kappa shape index (κ2) is 9.92. The second-order valence-corrected chi connectivity index (χ2v) is 5.31. The number of rotatable bonds is 10. The Balaban J connectivity index is 2.46. The monoisotopic (exact) mass is 307 g/mol. The molecule has 0 radical (unpaired) electrons. The number of carbonyl (C=O) groups is 2. The summed E-state index contributed by atoms with van der Waals surface area (Å²) in [7, 11) is 0. The summed E-state index contributed by atoms with van der Waals surface area (Å²) in [5.41, 5.74) is 12.2. The Labute approximate surface area is 130 Å². The fourth-order valence-electron chi connectivity index (χ4n) is 2.13. The zero-order valence-corrected chi connectivity index (χ0v) is 12.7. The summed E-state index contributed by atoms with van der Waals surface area (Å²) >= 11 is 0. The third-order valence-corrected chi connectivity index (χ3v) is 3.49. The first kappa shape index (κ1) is 18.1. The van der Waals surface area contributed by atoms with E-state index in [9.17, 15) is 14.7 Å². The molecule has 1 aromatic rings. The number of aryl methyl sites for hydroxylation is 1. The van der Waals surface area contributed by atoms with E-state index in [1.165, 1.54) is 0 Å². The van der Waals surface area contributed by atoms with Crippen molar-refractivity contribution in [3.8, 4) is 0 Å². The lowest BCUT2D eigenvalue weighted by Gasteiger charge is -2.18. The molecule has 0 bridgehead atoms. The van der Waals surface area contributed by atoms with Crippen molar-refractivity contribution in [1.82, 2.24) is 5.32 Å². The van der Waals surface area contributed by atoms with Gasteiger partial charge in [0.1, 0.15) is 6.04 Å². The van der Waals surface area contributed by atoms with E-state index in [2.05, 4.69) is 5.32 Å². The van der Waals surface area contributed by atoms with Gasteiger partial charge in [-0.2, -0.15) is 0 Å². The Morgan fingerprint density at radius 1 is 1.14 bits per heavy atom. The molecule has 6 heteroatoms. The summed E-state index contributed by atoms with van der Waals surface area (Å²) in [6, 6.07) is 7.95. The number of unbranched alkanes of at least 4 members (excludes halogenated alkanes) is 1. The maximum Gasteiger partial charge on any atom is 0.326 e. The number of aliphatic carboxylic acids is 1. The van der Waals surface area contributed by atoms with Gasteiger partial charge in [-0.15, -0.1) is 0 Å². The lowest BCUT2D eigenvalue weighted by molar-refractivity contribution is -0.142. The number of nitrogens with one attached hydrogen (secondary N) is 1. The maximum absolute atomic E-state index is 11.9. The van der Waals surface area contributed by atoms with Gasteiger partial charge in [0, 0.05) is 0 Å². The van der Waals surface area contributed by atoms with Gasteiger partial charge in [-0.3, -0.25) is 4.79 Å². The van der Waals surface area contributed by atoms with E-state index in [0.29, 0.717) is 25.8 Å². The minimum atomic E-state index is -1.04. The predicted octanol–water partition coefficient (Wildman–Crippen LogP) is 0.645. The molecule has 0 aliphatic rings. The molecule has 2 atom stereocenters. The SMILES string of the molecule is NCCCC[C@@H](N)C(=O)N[C@H](CCc1ccccc1)C(=O)O. The molecule has 0 heterocycles. The highest BCUT2D eigenvalue weighted by Crippen LogP contribution is 2.06. The molecule has 0 unspecified atom stereocenters. The van der Waals surface area contributed by atoms with Gasteiger partial charge in [0.25, 0.3) is 0 Å². The fraction of sp³-hybridized carbons (Fsp3) is 0.500. The van der Waals surface area contributed by atoms with Gasteiger partial charge >= 0.3 is 5.97 Å². The van der Waals surface area contributed by atoms with E-state index in [1.807, 2.05) is 30.3 Å². The van der Waals surface area contributed by atoms with Crippen molar-refractivity contribution < 1.29 is 14.7 Å². The molecule has 0 saturated carbocycles. The van der Waals surface area contributed by atoms with Crippen molar-refractivity contribution in [2.75, 3.05) is 6.54 Å². The fourth-order valence-corrected chi connectivity index (χ4v) is 2.13. The molecular weight excluding hydrogens is 282 g/mol. The first-order valence-electron chi connectivity index (χ1n) is 7.57. The first-order valence-corrected chi connectivity index (χ1v) is 7.57. The molecule has 0 saturated heterocycles. The lowest BCUT2D eigenvalue weighted by Crippen LogP contribution is -2.48.